The summed E-state index contributed by atoms with van der Waals surface area (Å²) in [5.41, 5.74) is -0.299. The average molecular weight is 544 g/mol. The maximum absolute atomic E-state index is 12.9. The summed E-state index contributed by atoms with van der Waals surface area (Å²) < 4.78 is 73.8. The molecule has 0 saturated carbocycles. The first-order valence-electron chi connectivity index (χ1n) is 11.2. The second kappa shape index (κ2) is 11.3. The van der Waals surface area contributed by atoms with Crippen LogP contribution in [0.25, 0.3) is 0 Å². The minimum absolute atomic E-state index is 0.139. The number of nitrogens with zero attached hydrogens (tertiary/aromatic N) is 5. The Kier molecular flexibility index (Phi) is 8.12. The molecule has 1 fully saturated rings. The number of hydrogen-bond donors (Lipinski definition) is 2. The summed E-state index contributed by atoms with van der Waals surface area (Å²) in [4.78, 5) is 25.9. The van der Waals surface area contributed by atoms with Crippen molar-refractivity contribution in [1.82, 2.24) is 24.2 Å². The van der Waals surface area contributed by atoms with Crippen LogP contribution in [-0.4, -0.2) is 62.3 Å². The van der Waals surface area contributed by atoms with Gasteiger partial charge in [0.2, 0.25) is 5.88 Å². The Morgan fingerprint density at radius 1 is 1.22 bits per heavy atom. The maximum Gasteiger partial charge on any atom is 0.434 e. The van der Waals surface area contributed by atoms with Gasteiger partial charge in [-0.2, -0.15) is 17.5 Å². The third kappa shape index (κ3) is 7.07. The van der Waals surface area contributed by atoms with Crippen LogP contribution in [0, 0.1) is 6.92 Å². The van der Waals surface area contributed by atoms with Gasteiger partial charge in [-0.1, -0.05) is 0 Å². The Morgan fingerprint density at radius 3 is 2.62 bits per heavy atom. The number of amides is 1. The highest BCUT2D eigenvalue weighted by atomic mass is 32.1. The fourth-order valence-corrected chi connectivity index (χ4v) is 4.50. The molecule has 3 aromatic heterocycles. The van der Waals surface area contributed by atoms with E-state index in [1.54, 1.807) is 24.0 Å². The van der Waals surface area contributed by atoms with Crippen LogP contribution in [0.5, 0.6) is 5.88 Å². The summed E-state index contributed by atoms with van der Waals surface area (Å²) >= 11 is 0.897. The molecule has 0 aliphatic carbocycles. The third-order valence-electron chi connectivity index (χ3n) is 5.47. The molecule has 1 saturated heterocycles. The molecule has 9 nitrogen and oxygen atoms in total. The van der Waals surface area contributed by atoms with Crippen LogP contribution in [0.15, 0.2) is 30.7 Å². The number of carbonyl (C=O) groups is 1. The number of aryl methyl sites for hydroxylation is 1. The topological polar surface area (TPSA) is 105 Å². The van der Waals surface area contributed by atoms with E-state index < -0.39 is 24.2 Å². The Bertz CT molecular complexity index is 1210. The minimum atomic E-state index is -4.66. The number of anilines is 3. The molecule has 1 aliphatic rings. The average Bonchev–Trinajstić information content (AvgIpc) is 3.20. The fourth-order valence-electron chi connectivity index (χ4n) is 3.69. The van der Waals surface area contributed by atoms with E-state index >= 15 is 0 Å². The quantitative estimate of drug-likeness (QED) is 0.392. The number of likely N-dealkylation sites (tertiary alicyclic amines) is 1. The molecule has 198 valence electrons. The number of rotatable bonds is 8. The van der Waals surface area contributed by atoms with Gasteiger partial charge in [0.1, 0.15) is 16.9 Å². The van der Waals surface area contributed by atoms with Crippen molar-refractivity contribution >= 4 is 33.9 Å². The molecule has 0 aromatic carbocycles. The van der Waals surface area contributed by atoms with E-state index in [1.807, 2.05) is 0 Å². The number of nitrogens with one attached hydrogen (secondary N) is 2. The van der Waals surface area contributed by atoms with Crippen LogP contribution < -0.4 is 15.4 Å². The Morgan fingerprint density at radius 2 is 1.97 bits per heavy atom. The Balaban J connectivity index is 1.36. The van der Waals surface area contributed by atoms with Crippen LogP contribution in [0.1, 0.15) is 34.6 Å². The minimum Gasteiger partial charge on any atom is -0.474 e. The molecule has 4 heterocycles. The van der Waals surface area contributed by atoms with E-state index in [1.165, 1.54) is 6.20 Å². The van der Waals surface area contributed by atoms with Crippen molar-refractivity contribution in [2.75, 3.05) is 30.3 Å². The van der Waals surface area contributed by atoms with Crippen molar-refractivity contribution in [3.63, 3.8) is 0 Å². The highest BCUT2D eigenvalue weighted by Gasteiger charge is 2.33. The molecule has 0 bridgehead atoms. The zero-order valence-corrected chi connectivity index (χ0v) is 20.2. The summed E-state index contributed by atoms with van der Waals surface area (Å²) in [6, 6.07) is 3.17. The lowest BCUT2D eigenvalue weighted by molar-refractivity contribution is -0.141. The number of carbonyl (C=O) groups excluding carboxylic acids is 1. The number of alkyl halides is 5. The third-order valence-corrected chi connectivity index (χ3v) is 6.32. The van der Waals surface area contributed by atoms with Crippen molar-refractivity contribution in [3.8, 4) is 5.88 Å². The lowest BCUT2D eigenvalue weighted by atomic mass is 10.1. The number of piperidine rings is 1. The van der Waals surface area contributed by atoms with E-state index in [0.29, 0.717) is 49.4 Å². The molecule has 0 atom stereocenters. The predicted octanol–water partition coefficient (Wildman–Crippen LogP) is 4.76. The monoisotopic (exact) mass is 543 g/mol. The van der Waals surface area contributed by atoms with Gasteiger partial charge in [-0.25, -0.2) is 18.7 Å². The van der Waals surface area contributed by atoms with Gasteiger partial charge in [0.05, 0.1) is 42.1 Å². The molecule has 3 aromatic rings. The number of ether oxygens (including phenoxy) is 1. The predicted molar refractivity (Wildman–Crippen MR) is 125 cm³/mol. The molecule has 37 heavy (non-hydrogen) atoms. The van der Waals surface area contributed by atoms with Crippen molar-refractivity contribution in [1.29, 1.82) is 0 Å². The van der Waals surface area contributed by atoms with Gasteiger partial charge >= 0.3 is 6.18 Å². The van der Waals surface area contributed by atoms with Crippen LogP contribution >= 0.6 is 11.5 Å². The smallest absolute Gasteiger partial charge is 0.434 e. The van der Waals surface area contributed by atoms with Crippen molar-refractivity contribution in [3.05, 3.63) is 47.7 Å². The van der Waals surface area contributed by atoms with Crippen molar-refractivity contribution in [2.45, 2.75) is 38.5 Å². The molecule has 15 heteroatoms. The molecular formula is C22H22F5N7O2S. The molecule has 2 N–H and O–H groups in total. The lowest BCUT2D eigenvalue weighted by Gasteiger charge is -2.31. The number of hydrogen-bond acceptors (Lipinski definition) is 9. The Labute approximate surface area is 212 Å². The molecule has 0 spiro atoms. The molecule has 4 rings (SSSR count). The van der Waals surface area contributed by atoms with E-state index in [4.69, 9.17) is 4.74 Å². The summed E-state index contributed by atoms with van der Waals surface area (Å²) in [5.74, 6) is -0.393. The number of aromatic nitrogens is 4. The van der Waals surface area contributed by atoms with E-state index in [2.05, 4.69) is 30.0 Å². The summed E-state index contributed by atoms with van der Waals surface area (Å²) in [6.45, 7) is 2.37. The van der Waals surface area contributed by atoms with Crippen LogP contribution in [0.2, 0.25) is 0 Å². The van der Waals surface area contributed by atoms with Gasteiger partial charge in [-0.15, -0.1) is 0 Å². The zero-order chi connectivity index (χ0) is 26.6. The highest BCUT2D eigenvalue weighted by molar-refractivity contribution is 7.10. The second-order valence-electron chi connectivity index (χ2n) is 8.23. The lowest BCUT2D eigenvalue weighted by Crippen LogP contribution is -2.40. The molecule has 0 radical (unpaired) electrons. The molecule has 1 amide bonds. The second-order valence-corrected chi connectivity index (χ2v) is 9.01. The number of halogens is 5. The van der Waals surface area contributed by atoms with Gasteiger partial charge < -0.3 is 15.4 Å². The summed E-state index contributed by atoms with van der Waals surface area (Å²) in [7, 11) is 0. The molecular weight excluding hydrogens is 521 g/mol. The fraction of sp³-hybridized carbons (Fsp3) is 0.409. The maximum atomic E-state index is 12.9. The van der Waals surface area contributed by atoms with E-state index in [0.717, 1.165) is 17.7 Å². The van der Waals surface area contributed by atoms with Crippen LogP contribution in [0.3, 0.4) is 0 Å². The van der Waals surface area contributed by atoms with Crippen molar-refractivity contribution < 1.29 is 31.5 Å². The van der Waals surface area contributed by atoms with Gasteiger partial charge in [0.25, 0.3) is 12.3 Å². The normalized spacial score (nSPS) is 15.1. The van der Waals surface area contributed by atoms with Gasteiger partial charge in [-0.3, -0.25) is 14.7 Å². The highest BCUT2D eigenvalue weighted by Crippen LogP contribution is 2.31. The van der Waals surface area contributed by atoms with E-state index in [9.17, 15) is 26.7 Å². The van der Waals surface area contributed by atoms with Crippen molar-refractivity contribution in [2.24, 2.45) is 0 Å². The largest absolute Gasteiger partial charge is 0.474 e. The van der Waals surface area contributed by atoms with Crippen LogP contribution in [0.4, 0.5) is 38.5 Å². The molecule has 1 aliphatic heterocycles. The number of pyridine rings is 1. The standard InChI is InChI=1S/C22H22F5N7O2S/c1-12-19(21(37-33-12)32-17-10-28-9-15(31-17)22(25,26)27)20(35)30-13-2-3-18(29-8-13)36-14-4-6-34(7-5-14)11-16(23)24/h2-3,8-10,14,16H,4-7,11H2,1H3,(H,30,35)(H,31,32). The Hall–Kier alpha value is -3.46. The van der Waals surface area contributed by atoms with Gasteiger partial charge in [0, 0.05) is 19.2 Å². The van der Waals surface area contributed by atoms with E-state index in [-0.39, 0.29) is 29.0 Å². The first kappa shape index (κ1) is 26.6. The summed E-state index contributed by atoms with van der Waals surface area (Å²) in [6.07, 6.45) is -2.86. The van der Waals surface area contributed by atoms with Gasteiger partial charge in [-0.05, 0) is 37.4 Å². The first-order valence-corrected chi connectivity index (χ1v) is 11.9. The molecule has 0 unspecified atom stereocenters. The van der Waals surface area contributed by atoms with Gasteiger partial charge in [0.15, 0.2) is 5.69 Å². The summed E-state index contributed by atoms with van der Waals surface area (Å²) in [5, 5.41) is 5.56. The first-order chi connectivity index (χ1) is 17.6. The SMILES string of the molecule is Cc1nsc(Nc2cncc(C(F)(F)F)n2)c1C(=O)Nc1ccc(OC2CCN(CC(F)F)CC2)nc1. The van der Waals surface area contributed by atoms with Crippen LogP contribution in [-0.2, 0) is 6.18 Å². The zero-order valence-electron chi connectivity index (χ0n) is 19.4.